The molecule has 6 nitrogen and oxygen atoms in total. The molecule has 0 aromatic rings. The number of carbonyl (C=O) groups excluding carboxylic acids is 2. The third-order valence-electron chi connectivity index (χ3n) is 3.80. The van der Waals surface area contributed by atoms with Gasteiger partial charge in [0.1, 0.15) is 0 Å². The Morgan fingerprint density at radius 2 is 1.00 bits per heavy atom. The molecule has 0 atom stereocenters. The molecule has 1 saturated heterocycles. The van der Waals surface area contributed by atoms with Gasteiger partial charge < -0.3 is 20.4 Å². The lowest BCUT2D eigenvalue weighted by molar-refractivity contribution is -0.124. The first-order valence-electron chi connectivity index (χ1n) is 9.01. The van der Waals surface area contributed by atoms with Crippen LogP contribution in [0.4, 0.5) is 0 Å². The van der Waals surface area contributed by atoms with Crippen LogP contribution >= 0.6 is 0 Å². The Balaban J connectivity index is 2.18. The minimum atomic E-state index is -0.163. The van der Waals surface area contributed by atoms with E-state index < -0.39 is 0 Å². The molecular formula is C18H36N4O2. The van der Waals surface area contributed by atoms with Crippen LogP contribution in [0.1, 0.15) is 54.4 Å². The maximum atomic E-state index is 11.9. The van der Waals surface area contributed by atoms with Gasteiger partial charge in [0.2, 0.25) is 11.8 Å². The highest BCUT2D eigenvalue weighted by Gasteiger charge is 2.20. The van der Waals surface area contributed by atoms with Crippen molar-refractivity contribution in [3.8, 4) is 0 Å². The molecule has 0 bridgehead atoms. The minimum Gasteiger partial charge on any atom is -0.351 e. The Kier molecular flexibility index (Phi) is 7.67. The van der Waals surface area contributed by atoms with Crippen molar-refractivity contribution in [3.63, 3.8) is 0 Å². The topological polar surface area (TPSA) is 64.7 Å². The molecule has 0 aromatic heterocycles. The molecule has 1 rings (SSSR count). The average Bonchev–Trinajstić information content (AvgIpc) is 2.40. The molecule has 140 valence electrons. The summed E-state index contributed by atoms with van der Waals surface area (Å²) in [7, 11) is 0. The maximum absolute atomic E-state index is 11.9. The molecular weight excluding hydrogens is 304 g/mol. The molecule has 2 N–H and O–H groups in total. The normalized spacial score (nSPS) is 17.6. The second-order valence-corrected chi connectivity index (χ2v) is 8.78. The Morgan fingerprint density at radius 3 is 1.25 bits per heavy atom. The van der Waals surface area contributed by atoms with Crippen LogP contribution in [0.15, 0.2) is 0 Å². The Hall–Kier alpha value is -1.14. The number of carbonyl (C=O) groups is 2. The van der Waals surface area contributed by atoms with Gasteiger partial charge in [-0.1, -0.05) is 0 Å². The molecule has 0 spiro atoms. The molecule has 2 amide bonds. The van der Waals surface area contributed by atoms with Crippen LogP contribution in [-0.4, -0.2) is 72.0 Å². The molecule has 6 heteroatoms. The zero-order chi connectivity index (χ0) is 18.4. The van der Waals surface area contributed by atoms with E-state index in [1.165, 1.54) is 0 Å². The molecule has 0 unspecified atom stereocenters. The van der Waals surface area contributed by atoms with E-state index in [1.54, 1.807) is 0 Å². The Labute approximate surface area is 147 Å². The largest absolute Gasteiger partial charge is 0.351 e. The molecule has 1 aliphatic heterocycles. The zero-order valence-electron chi connectivity index (χ0n) is 16.4. The summed E-state index contributed by atoms with van der Waals surface area (Å²) in [5.74, 6) is 0.229. The van der Waals surface area contributed by atoms with Crippen LogP contribution in [0.25, 0.3) is 0 Å². The molecule has 1 fully saturated rings. The van der Waals surface area contributed by atoms with E-state index in [4.69, 9.17) is 0 Å². The Bertz CT molecular complexity index is 376. The number of rotatable bonds is 6. The Morgan fingerprint density at radius 1 is 0.708 bits per heavy atom. The van der Waals surface area contributed by atoms with Gasteiger partial charge in [0.05, 0.1) is 0 Å². The van der Waals surface area contributed by atoms with Crippen LogP contribution in [0.3, 0.4) is 0 Å². The predicted octanol–water partition coefficient (Wildman–Crippen LogP) is 1.21. The fourth-order valence-electron chi connectivity index (χ4n) is 2.72. The smallest absolute Gasteiger partial charge is 0.221 e. The van der Waals surface area contributed by atoms with E-state index in [9.17, 15) is 9.59 Å². The quantitative estimate of drug-likeness (QED) is 0.763. The first kappa shape index (κ1) is 20.9. The van der Waals surface area contributed by atoms with Gasteiger partial charge in [-0.15, -0.1) is 0 Å². The third-order valence-corrected chi connectivity index (χ3v) is 3.80. The van der Waals surface area contributed by atoms with Crippen molar-refractivity contribution in [2.45, 2.75) is 65.5 Å². The van der Waals surface area contributed by atoms with Crippen LogP contribution in [-0.2, 0) is 9.59 Å². The van der Waals surface area contributed by atoms with Gasteiger partial charge in [0.15, 0.2) is 0 Å². The number of nitrogens with zero attached hydrogens (tertiary/aromatic N) is 2. The predicted molar refractivity (Wildman–Crippen MR) is 97.9 cm³/mol. The fourth-order valence-corrected chi connectivity index (χ4v) is 2.72. The monoisotopic (exact) mass is 340 g/mol. The standard InChI is InChI=1S/C18H36N4O2/c1-17(2,3)19-15(23)7-9-21-11-13-22(14-12-21)10-8-16(24)20-18(4,5)6/h7-14H2,1-6H3,(H,19,23)(H,20,24). The van der Waals surface area contributed by atoms with Crippen molar-refractivity contribution < 1.29 is 9.59 Å². The number of hydrogen-bond acceptors (Lipinski definition) is 4. The number of amides is 2. The highest BCUT2D eigenvalue weighted by atomic mass is 16.2. The minimum absolute atomic E-state index is 0.115. The van der Waals surface area contributed by atoms with E-state index in [2.05, 4.69) is 20.4 Å². The number of piperazine rings is 1. The molecule has 0 radical (unpaired) electrons. The van der Waals surface area contributed by atoms with Crippen molar-refractivity contribution in [2.24, 2.45) is 0 Å². The van der Waals surface area contributed by atoms with E-state index in [0.29, 0.717) is 12.8 Å². The van der Waals surface area contributed by atoms with Crippen molar-refractivity contribution in [2.75, 3.05) is 39.3 Å². The average molecular weight is 341 g/mol. The van der Waals surface area contributed by atoms with E-state index in [0.717, 1.165) is 39.3 Å². The van der Waals surface area contributed by atoms with Crippen LogP contribution in [0, 0.1) is 0 Å². The van der Waals surface area contributed by atoms with Gasteiger partial charge in [-0.05, 0) is 41.5 Å². The second-order valence-electron chi connectivity index (χ2n) is 8.78. The van der Waals surface area contributed by atoms with Gasteiger partial charge in [-0.2, -0.15) is 0 Å². The zero-order valence-corrected chi connectivity index (χ0v) is 16.4. The lowest BCUT2D eigenvalue weighted by Gasteiger charge is -2.34. The molecule has 0 aromatic carbocycles. The van der Waals surface area contributed by atoms with Crippen LogP contribution in [0.2, 0.25) is 0 Å². The molecule has 1 aliphatic rings. The first-order valence-corrected chi connectivity index (χ1v) is 9.01. The number of nitrogens with one attached hydrogen (secondary N) is 2. The van der Waals surface area contributed by atoms with Crippen LogP contribution in [0.5, 0.6) is 0 Å². The first-order chi connectivity index (χ1) is 10.9. The van der Waals surface area contributed by atoms with E-state index in [-0.39, 0.29) is 22.9 Å². The summed E-state index contributed by atoms with van der Waals surface area (Å²) >= 11 is 0. The third kappa shape index (κ3) is 9.88. The summed E-state index contributed by atoms with van der Waals surface area (Å²) in [6.07, 6.45) is 1.09. The van der Waals surface area contributed by atoms with Crippen molar-refractivity contribution in [1.82, 2.24) is 20.4 Å². The van der Waals surface area contributed by atoms with Crippen molar-refractivity contribution >= 4 is 11.8 Å². The van der Waals surface area contributed by atoms with Gasteiger partial charge in [-0.3, -0.25) is 9.59 Å². The highest BCUT2D eigenvalue weighted by molar-refractivity contribution is 5.77. The van der Waals surface area contributed by atoms with E-state index >= 15 is 0 Å². The summed E-state index contributed by atoms with van der Waals surface area (Å²) in [5.41, 5.74) is -0.327. The van der Waals surface area contributed by atoms with Gasteiger partial charge in [0, 0.05) is 63.2 Å². The molecule has 0 saturated carbocycles. The van der Waals surface area contributed by atoms with Gasteiger partial charge in [-0.25, -0.2) is 0 Å². The van der Waals surface area contributed by atoms with E-state index in [1.807, 2.05) is 41.5 Å². The molecule has 1 heterocycles. The number of hydrogen-bond donors (Lipinski definition) is 2. The highest BCUT2D eigenvalue weighted by Crippen LogP contribution is 2.06. The second kappa shape index (κ2) is 8.81. The summed E-state index contributed by atoms with van der Waals surface area (Å²) in [6.45, 7) is 17.5. The summed E-state index contributed by atoms with van der Waals surface area (Å²) in [5, 5.41) is 6.00. The SMILES string of the molecule is CC(C)(C)NC(=O)CCN1CCN(CCC(=O)NC(C)(C)C)CC1. The van der Waals surface area contributed by atoms with Crippen LogP contribution < -0.4 is 10.6 Å². The summed E-state index contributed by atoms with van der Waals surface area (Å²) < 4.78 is 0. The fraction of sp³-hybridized carbons (Fsp3) is 0.889. The van der Waals surface area contributed by atoms with Crippen molar-refractivity contribution in [3.05, 3.63) is 0 Å². The summed E-state index contributed by atoms with van der Waals surface area (Å²) in [6, 6.07) is 0. The molecule has 24 heavy (non-hydrogen) atoms. The summed E-state index contributed by atoms with van der Waals surface area (Å²) in [4.78, 5) is 28.4. The van der Waals surface area contributed by atoms with Crippen molar-refractivity contribution in [1.29, 1.82) is 0 Å². The molecule has 0 aliphatic carbocycles. The lowest BCUT2D eigenvalue weighted by Crippen LogP contribution is -2.49. The lowest BCUT2D eigenvalue weighted by atomic mass is 10.1. The van der Waals surface area contributed by atoms with Gasteiger partial charge >= 0.3 is 0 Å². The van der Waals surface area contributed by atoms with Gasteiger partial charge in [0.25, 0.3) is 0 Å². The maximum Gasteiger partial charge on any atom is 0.221 e.